The number of esters is 1. The van der Waals surface area contributed by atoms with Crippen molar-refractivity contribution in [2.45, 2.75) is 19.3 Å². The molecule has 0 aromatic heterocycles. The smallest absolute Gasteiger partial charge is 0.334 e. The number of rotatable bonds is 2. The minimum absolute atomic E-state index is 0.0571. The van der Waals surface area contributed by atoms with Gasteiger partial charge in [0.25, 0.3) is 0 Å². The van der Waals surface area contributed by atoms with E-state index in [-0.39, 0.29) is 28.9 Å². The van der Waals surface area contributed by atoms with E-state index in [2.05, 4.69) is 0 Å². The van der Waals surface area contributed by atoms with E-state index in [1.165, 1.54) is 25.3 Å². The van der Waals surface area contributed by atoms with E-state index in [1.807, 2.05) is 0 Å². The molecule has 6 heteroatoms. The highest BCUT2D eigenvalue weighted by atomic mass is 19.1. The van der Waals surface area contributed by atoms with E-state index in [4.69, 9.17) is 9.47 Å². The summed E-state index contributed by atoms with van der Waals surface area (Å²) in [6, 6.07) is 5.06. The van der Waals surface area contributed by atoms with E-state index in [0.29, 0.717) is 36.1 Å². The molecule has 0 saturated heterocycles. The molecule has 4 rings (SSSR count). The van der Waals surface area contributed by atoms with Crippen molar-refractivity contribution >= 4 is 11.5 Å². The highest BCUT2D eigenvalue weighted by Crippen LogP contribution is 2.43. The largest absolute Gasteiger partial charge is 0.493 e. The fourth-order valence-corrected chi connectivity index (χ4v) is 3.64. The first-order valence-electron chi connectivity index (χ1n) is 8.25. The summed E-state index contributed by atoms with van der Waals surface area (Å²) < 4.78 is 53.7. The zero-order valence-corrected chi connectivity index (χ0v) is 14.0. The van der Waals surface area contributed by atoms with E-state index >= 15 is 4.39 Å². The van der Waals surface area contributed by atoms with Gasteiger partial charge in [-0.25, -0.2) is 18.0 Å². The maximum Gasteiger partial charge on any atom is 0.334 e. The van der Waals surface area contributed by atoms with Crippen LogP contribution in [0, 0.1) is 17.5 Å². The van der Waals surface area contributed by atoms with Gasteiger partial charge in [-0.1, -0.05) is 6.07 Å². The summed E-state index contributed by atoms with van der Waals surface area (Å²) in [4.78, 5) is 12.2. The molecular formula is C20H15F3O3. The van der Waals surface area contributed by atoms with Crippen LogP contribution in [0.1, 0.15) is 28.7 Å². The van der Waals surface area contributed by atoms with Crippen molar-refractivity contribution in [2.75, 3.05) is 13.7 Å². The van der Waals surface area contributed by atoms with Crippen LogP contribution in [0.2, 0.25) is 0 Å². The first kappa shape index (κ1) is 16.7. The molecule has 0 fully saturated rings. The number of carbonyl (C=O) groups excluding carboxylic acids is 1. The fraction of sp³-hybridized carbons (Fsp3) is 0.250. The Morgan fingerprint density at radius 2 is 2.00 bits per heavy atom. The number of carbonyl (C=O) groups is 1. The second-order valence-electron chi connectivity index (χ2n) is 6.30. The molecule has 1 aliphatic carbocycles. The van der Waals surface area contributed by atoms with Gasteiger partial charge in [-0.05, 0) is 36.1 Å². The van der Waals surface area contributed by atoms with E-state index in [1.54, 1.807) is 0 Å². The molecule has 1 aliphatic heterocycles. The lowest BCUT2D eigenvalue weighted by Crippen LogP contribution is -2.14. The molecular weight excluding hydrogens is 345 g/mol. The number of hydrogen-bond acceptors (Lipinski definition) is 3. The van der Waals surface area contributed by atoms with Gasteiger partial charge in [-0.15, -0.1) is 0 Å². The van der Waals surface area contributed by atoms with Gasteiger partial charge < -0.3 is 9.47 Å². The number of methoxy groups -OCH3 is 1. The predicted molar refractivity (Wildman–Crippen MR) is 88.3 cm³/mol. The lowest BCUT2D eigenvalue weighted by atomic mass is 9.92. The lowest BCUT2D eigenvalue weighted by Gasteiger charge is -2.21. The molecule has 1 heterocycles. The van der Waals surface area contributed by atoms with Gasteiger partial charge in [-0.3, -0.25) is 0 Å². The van der Waals surface area contributed by atoms with Crippen LogP contribution in [0.5, 0.6) is 5.75 Å². The standard InChI is InChI=1S/C20H15F3O3/c1-25-20(24)14-8-10-7-11(21)4-5-12(10)17(14)18-15(22)9-16-13(19(18)23)3-2-6-26-16/h4-5,7,9H,2-3,6,8H2,1H3. The van der Waals surface area contributed by atoms with Crippen molar-refractivity contribution in [1.82, 2.24) is 0 Å². The van der Waals surface area contributed by atoms with Crippen molar-refractivity contribution < 1.29 is 27.4 Å². The van der Waals surface area contributed by atoms with Gasteiger partial charge in [0, 0.05) is 23.6 Å². The van der Waals surface area contributed by atoms with E-state index < -0.39 is 23.4 Å². The number of benzene rings is 2. The molecule has 0 N–H and O–H groups in total. The zero-order chi connectivity index (χ0) is 18.4. The van der Waals surface area contributed by atoms with Gasteiger partial charge in [-0.2, -0.15) is 0 Å². The van der Waals surface area contributed by atoms with Crippen molar-refractivity contribution in [1.29, 1.82) is 0 Å². The molecule has 0 spiro atoms. The van der Waals surface area contributed by atoms with Crippen LogP contribution in [0.25, 0.3) is 5.57 Å². The Hall–Kier alpha value is -2.76. The summed E-state index contributed by atoms with van der Waals surface area (Å²) in [5, 5.41) is 0. The molecule has 0 radical (unpaired) electrons. The van der Waals surface area contributed by atoms with Crippen molar-refractivity contribution in [3.63, 3.8) is 0 Å². The van der Waals surface area contributed by atoms with Gasteiger partial charge in [0.1, 0.15) is 23.2 Å². The normalized spacial score (nSPS) is 15.4. The summed E-state index contributed by atoms with van der Waals surface area (Å²) in [5.74, 6) is -2.55. The number of fused-ring (bicyclic) bond motifs is 2. The van der Waals surface area contributed by atoms with Crippen LogP contribution < -0.4 is 4.74 Å². The van der Waals surface area contributed by atoms with Gasteiger partial charge >= 0.3 is 5.97 Å². The summed E-state index contributed by atoms with van der Waals surface area (Å²) in [7, 11) is 1.20. The Balaban J connectivity index is 1.99. The lowest BCUT2D eigenvalue weighted by molar-refractivity contribution is -0.136. The molecule has 0 atom stereocenters. The van der Waals surface area contributed by atoms with Gasteiger partial charge in [0.2, 0.25) is 0 Å². The topological polar surface area (TPSA) is 35.5 Å². The SMILES string of the molecule is COC(=O)C1=C(c2c(F)cc3c(c2F)CCCO3)c2ccc(F)cc2C1. The summed E-state index contributed by atoms with van der Waals surface area (Å²) >= 11 is 0. The van der Waals surface area contributed by atoms with Crippen LogP contribution in [-0.4, -0.2) is 19.7 Å². The second kappa shape index (κ2) is 6.20. The summed E-state index contributed by atoms with van der Waals surface area (Å²) in [6.45, 7) is 0.406. The number of hydrogen-bond donors (Lipinski definition) is 0. The van der Waals surface area contributed by atoms with Crippen LogP contribution in [0.15, 0.2) is 29.8 Å². The predicted octanol–water partition coefficient (Wildman–Crippen LogP) is 3.96. The molecule has 2 aliphatic rings. The van der Waals surface area contributed by atoms with Crippen molar-refractivity contribution in [2.24, 2.45) is 0 Å². The van der Waals surface area contributed by atoms with Gasteiger partial charge in [0.15, 0.2) is 0 Å². The van der Waals surface area contributed by atoms with Crippen LogP contribution in [-0.2, 0) is 22.4 Å². The summed E-state index contributed by atoms with van der Waals surface area (Å²) in [6.07, 6.45) is 1.10. The van der Waals surface area contributed by atoms with Crippen molar-refractivity contribution in [3.05, 3.63) is 69.5 Å². The molecule has 26 heavy (non-hydrogen) atoms. The molecule has 0 unspecified atom stereocenters. The van der Waals surface area contributed by atoms with E-state index in [0.717, 1.165) is 6.07 Å². The minimum Gasteiger partial charge on any atom is -0.493 e. The second-order valence-corrected chi connectivity index (χ2v) is 6.30. The first-order chi connectivity index (χ1) is 12.5. The molecule has 0 bridgehead atoms. The fourth-order valence-electron chi connectivity index (χ4n) is 3.64. The average molecular weight is 360 g/mol. The Bertz CT molecular complexity index is 963. The molecule has 0 amide bonds. The Kier molecular flexibility index (Phi) is 3.98. The Labute approximate surface area is 148 Å². The van der Waals surface area contributed by atoms with Gasteiger partial charge in [0.05, 0.1) is 24.9 Å². The number of halogens is 3. The molecule has 2 aromatic carbocycles. The maximum absolute atomic E-state index is 15.2. The first-order valence-corrected chi connectivity index (χ1v) is 8.25. The maximum atomic E-state index is 15.2. The van der Waals surface area contributed by atoms with Crippen LogP contribution >= 0.6 is 0 Å². The highest BCUT2D eigenvalue weighted by molar-refractivity contribution is 6.05. The monoisotopic (exact) mass is 360 g/mol. The third-order valence-corrected chi connectivity index (χ3v) is 4.79. The average Bonchev–Trinajstić information content (AvgIpc) is 2.99. The van der Waals surface area contributed by atoms with E-state index in [9.17, 15) is 13.6 Å². The molecule has 0 saturated carbocycles. The van der Waals surface area contributed by atoms with Crippen molar-refractivity contribution in [3.8, 4) is 5.75 Å². The van der Waals surface area contributed by atoms with Crippen LogP contribution in [0.4, 0.5) is 13.2 Å². The minimum atomic E-state index is -0.822. The Morgan fingerprint density at radius 3 is 2.77 bits per heavy atom. The molecule has 2 aromatic rings. The third-order valence-electron chi connectivity index (χ3n) is 4.79. The molecule has 134 valence electrons. The summed E-state index contributed by atoms with van der Waals surface area (Å²) in [5.41, 5.74) is 1.16. The third kappa shape index (κ3) is 2.48. The quantitative estimate of drug-likeness (QED) is 0.761. The number of ether oxygens (including phenoxy) is 2. The Morgan fingerprint density at radius 1 is 1.19 bits per heavy atom. The van der Waals surface area contributed by atoms with Crippen LogP contribution in [0.3, 0.4) is 0 Å². The highest BCUT2D eigenvalue weighted by Gasteiger charge is 2.33. The molecule has 3 nitrogen and oxygen atoms in total. The zero-order valence-electron chi connectivity index (χ0n) is 14.0.